The minimum absolute atomic E-state index is 0.0224. The summed E-state index contributed by atoms with van der Waals surface area (Å²) in [5.41, 5.74) is 0.390. The Balaban J connectivity index is 1.59. The average molecular weight is 289 g/mol. The van der Waals surface area contributed by atoms with E-state index in [1.54, 1.807) is 18.3 Å². The third-order valence-corrected chi connectivity index (χ3v) is 3.74. The molecule has 0 spiro atoms. The molecule has 1 amide bonds. The second-order valence-corrected chi connectivity index (χ2v) is 5.28. The van der Waals surface area contributed by atoms with E-state index in [-0.39, 0.29) is 24.1 Å². The molecule has 0 aromatic carbocycles. The fraction of sp³-hybridized carbons (Fsp3) is 0.500. The number of nitrogens with zero attached hydrogens (tertiary/aromatic N) is 3. The fourth-order valence-electron chi connectivity index (χ4n) is 2.59. The van der Waals surface area contributed by atoms with E-state index < -0.39 is 0 Å². The molecule has 0 bridgehead atoms. The Morgan fingerprint density at radius 1 is 1.38 bits per heavy atom. The van der Waals surface area contributed by atoms with Gasteiger partial charge < -0.3 is 10.6 Å². The zero-order valence-corrected chi connectivity index (χ0v) is 11.8. The van der Waals surface area contributed by atoms with E-state index in [0.717, 1.165) is 25.9 Å². The number of carbonyl (C=O) groups is 1. The number of fused-ring (bicyclic) bond motifs is 1. The van der Waals surface area contributed by atoms with Crippen LogP contribution in [-0.4, -0.2) is 39.2 Å². The van der Waals surface area contributed by atoms with Gasteiger partial charge in [0.05, 0.1) is 6.54 Å². The standard InChI is InChI=1S/C14H19N5O2/c20-13(16-11-4-7-15-8-5-11)6-10-19-14(21)18-9-2-1-3-12(18)17-19/h1-3,9,11,15H,4-8,10H2,(H,16,20). The summed E-state index contributed by atoms with van der Waals surface area (Å²) in [7, 11) is 0. The summed E-state index contributed by atoms with van der Waals surface area (Å²) in [5.74, 6) is -0.0224. The summed E-state index contributed by atoms with van der Waals surface area (Å²) >= 11 is 0. The first-order valence-electron chi connectivity index (χ1n) is 7.28. The largest absolute Gasteiger partial charge is 0.353 e. The molecule has 7 nitrogen and oxygen atoms in total. The van der Waals surface area contributed by atoms with Crippen LogP contribution in [0.15, 0.2) is 29.2 Å². The zero-order chi connectivity index (χ0) is 14.7. The Morgan fingerprint density at radius 2 is 2.19 bits per heavy atom. The molecule has 0 atom stereocenters. The Bertz CT molecular complexity index is 684. The summed E-state index contributed by atoms with van der Waals surface area (Å²) in [6.07, 6.45) is 3.87. The highest BCUT2D eigenvalue weighted by atomic mass is 16.2. The molecule has 0 unspecified atom stereocenters. The Kier molecular flexibility index (Phi) is 4.01. The Labute approximate surface area is 122 Å². The van der Waals surface area contributed by atoms with Gasteiger partial charge in [0.1, 0.15) is 0 Å². The van der Waals surface area contributed by atoms with Crippen LogP contribution in [0.5, 0.6) is 0 Å². The van der Waals surface area contributed by atoms with Crippen molar-refractivity contribution in [2.75, 3.05) is 13.1 Å². The average Bonchev–Trinajstić information content (AvgIpc) is 2.83. The SMILES string of the molecule is O=C(CCn1nc2ccccn2c1=O)NC1CCNCC1. The first kappa shape index (κ1) is 13.8. The normalized spacial score (nSPS) is 16.2. The number of pyridine rings is 1. The number of hydrogen-bond donors (Lipinski definition) is 2. The highest BCUT2D eigenvalue weighted by Crippen LogP contribution is 2.02. The van der Waals surface area contributed by atoms with Crippen LogP contribution in [0.2, 0.25) is 0 Å². The van der Waals surface area contributed by atoms with Gasteiger partial charge in [-0.15, -0.1) is 5.10 Å². The summed E-state index contributed by atoms with van der Waals surface area (Å²) in [5, 5.41) is 10.5. The molecular formula is C14H19N5O2. The molecule has 0 saturated carbocycles. The molecule has 0 radical (unpaired) electrons. The highest BCUT2D eigenvalue weighted by molar-refractivity contribution is 5.76. The van der Waals surface area contributed by atoms with E-state index in [1.807, 2.05) is 6.07 Å². The maximum absolute atomic E-state index is 12.1. The first-order valence-corrected chi connectivity index (χ1v) is 7.28. The molecule has 7 heteroatoms. The molecule has 3 rings (SSSR count). The van der Waals surface area contributed by atoms with Gasteiger partial charge in [-0.3, -0.25) is 9.20 Å². The Morgan fingerprint density at radius 3 is 2.95 bits per heavy atom. The van der Waals surface area contributed by atoms with Crippen LogP contribution < -0.4 is 16.3 Å². The van der Waals surface area contributed by atoms with Crippen LogP contribution in [0.1, 0.15) is 19.3 Å². The van der Waals surface area contributed by atoms with Crippen molar-refractivity contribution in [2.24, 2.45) is 0 Å². The third-order valence-electron chi connectivity index (χ3n) is 3.74. The van der Waals surface area contributed by atoms with Crippen LogP contribution in [0.3, 0.4) is 0 Å². The lowest BCUT2D eigenvalue weighted by atomic mass is 10.1. The van der Waals surface area contributed by atoms with Crippen LogP contribution in [0.25, 0.3) is 5.65 Å². The quantitative estimate of drug-likeness (QED) is 0.813. The number of hydrogen-bond acceptors (Lipinski definition) is 4. The zero-order valence-electron chi connectivity index (χ0n) is 11.8. The number of carbonyl (C=O) groups excluding carboxylic acids is 1. The number of nitrogens with one attached hydrogen (secondary N) is 2. The van der Waals surface area contributed by atoms with Gasteiger partial charge in [-0.25, -0.2) is 9.48 Å². The van der Waals surface area contributed by atoms with Gasteiger partial charge in [0, 0.05) is 18.7 Å². The smallest absolute Gasteiger partial charge is 0.350 e. The second kappa shape index (κ2) is 6.09. The van der Waals surface area contributed by atoms with Gasteiger partial charge in [-0.2, -0.15) is 0 Å². The minimum atomic E-state index is -0.208. The molecule has 1 saturated heterocycles. The van der Waals surface area contributed by atoms with Crippen LogP contribution in [0.4, 0.5) is 0 Å². The summed E-state index contributed by atoms with van der Waals surface area (Å²) in [6, 6.07) is 5.63. The first-order chi connectivity index (χ1) is 10.2. The summed E-state index contributed by atoms with van der Waals surface area (Å²) in [6.45, 7) is 2.19. The molecule has 2 aromatic rings. The van der Waals surface area contributed by atoms with Crippen molar-refractivity contribution in [3.63, 3.8) is 0 Å². The van der Waals surface area contributed by atoms with Crippen molar-refractivity contribution in [2.45, 2.75) is 31.8 Å². The lowest BCUT2D eigenvalue weighted by molar-refractivity contribution is -0.122. The number of piperidine rings is 1. The highest BCUT2D eigenvalue weighted by Gasteiger charge is 2.15. The predicted octanol–water partition coefficient (Wildman–Crippen LogP) is -0.246. The van der Waals surface area contributed by atoms with Crippen molar-refractivity contribution in [3.05, 3.63) is 34.9 Å². The topological polar surface area (TPSA) is 80.4 Å². The van der Waals surface area contributed by atoms with Gasteiger partial charge in [0.15, 0.2) is 5.65 Å². The molecular weight excluding hydrogens is 270 g/mol. The van der Waals surface area contributed by atoms with Crippen molar-refractivity contribution in [1.29, 1.82) is 0 Å². The predicted molar refractivity (Wildman–Crippen MR) is 78.1 cm³/mol. The number of rotatable bonds is 4. The molecule has 21 heavy (non-hydrogen) atoms. The van der Waals surface area contributed by atoms with Crippen molar-refractivity contribution in [1.82, 2.24) is 24.8 Å². The maximum atomic E-state index is 12.1. The van der Waals surface area contributed by atoms with E-state index in [0.29, 0.717) is 12.2 Å². The van der Waals surface area contributed by atoms with Crippen molar-refractivity contribution >= 4 is 11.6 Å². The van der Waals surface area contributed by atoms with E-state index >= 15 is 0 Å². The van der Waals surface area contributed by atoms with Gasteiger partial charge in [-0.05, 0) is 38.1 Å². The molecule has 0 aliphatic carbocycles. The second-order valence-electron chi connectivity index (χ2n) is 5.28. The van der Waals surface area contributed by atoms with E-state index in [2.05, 4.69) is 15.7 Å². The molecule has 2 N–H and O–H groups in total. The third kappa shape index (κ3) is 3.13. The Hall–Kier alpha value is -2.15. The van der Waals surface area contributed by atoms with Gasteiger partial charge >= 0.3 is 5.69 Å². The van der Waals surface area contributed by atoms with Crippen LogP contribution in [-0.2, 0) is 11.3 Å². The minimum Gasteiger partial charge on any atom is -0.353 e. The maximum Gasteiger partial charge on any atom is 0.350 e. The van der Waals surface area contributed by atoms with Crippen LogP contribution in [0, 0.1) is 0 Å². The van der Waals surface area contributed by atoms with E-state index in [9.17, 15) is 9.59 Å². The van der Waals surface area contributed by atoms with E-state index in [4.69, 9.17) is 0 Å². The monoisotopic (exact) mass is 289 g/mol. The van der Waals surface area contributed by atoms with Crippen LogP contribution >= 0.6 is 0 Å². The van der Waals surface area contributed by atoms with E-state index in [1.165, 1.54) is 9.08 Å². The molecule has 2 aromatic heterocycles. The summed E-state index contributed by atoms with van der Waals surface area (Å²) in [4.78, 5) is 24.0. The van der Waals surface area contributed by atoms with Gasteiger partial charge in [0.2, 0.25) is 5.91 Å². The molecule has 1 fully saturated rings. The number of aryl methyl sites for hydroxylation is 1. The lowest BCUT2D eigenvalue weighted by Gasteiger charge is -2.23. The van der Waals surface area contributed by atoms with Gasteiger partial charge in [0.25, 0.3) is 0 Å². The molecule has 1 aliphatic heterocycles. The number of amides is 1. The van der Waals surface area contributed by atoms with Gasteiger partial charge in [-0.1, -0.05) is 6.07 Å². The lowest BCUT2D eigenvalue weighted by Crippen LogP contribution is -2.43. The molecule has 3 heterocycles. The molecule has 112 valence electrons. The number of aromatic nitrogens is 3. The van der Waals surface area contributed by atoms with Crippen molar-refractivity contribution < 1.29 is 4.79 Å². The van der Waals surface area contributed by atoms with Crippen molar-refractivity contribution in [3.8, 4) is 0 Å². The summed E-state index contributed by atoms with van der Waals surface area (Å²) < 4.78 is 2.82. The molecule has 1 aliphatic rings. The fourth-order valence-corrected chi connectivity index (χ4v) is 2.59.